The zero-order valence-corrected chi connectivity index (χ0v) is 12.9. The number of aliphatic hydroxyl groups is 3. The predicted molar refractivity (Wildman–Crippen MR) is 84.7 cm³/mol. The number of rotatable bonds is 11. The van der Waals surface area contributed by atoms with E-state index in [1.807, 2.05) is 5.32 Å². The molecule has 0 saturated heterocycles. The van der Waals surface area contributed by atoms with E-state index in [1.165, 1.54) is 0 Å². The number of ketones is 3. The van der Waals surface area contributed by atoms with Gasteiger partial charge < -0.3 is 20.6 Å². The average molecular weight is 337 g/mol. The molecule has 0 aromatic heterocycles. The van der Waals surface area contributed by atoms with Gasteiger partial charge in [-0.1, -0.05) is 25.8 Å². The standard InChI is InChI=1S/C16H19NO7/c1-5-10(19)14(23)15(9-18,17-13(22)8-4)16(24,11(20)6-2)12(21)7-3/h5-8,10,18-19,24H,1-4,9H2,(H,17,22). The first-order valence-electron chi connectivity index (χ1n) is 6.59. The third kappa shape index (κ3) is 3.30. The lowest BCUT2D eigenvalue weighted by Crippen LogP contribution is -2.77. The molecule has 0 aliphatic carbocycles. The van der Waals surface area contributed by atoms with Crippen LogP contribution in [0.4, 0.5) is 0 Å². The zero-order valence-electron chi connectivity index (χ0n) is 12.9. The second-order valence-electron chi connectivity index (χ2n) is 4.65. The van der Waals surface area contributed by atoms with E-state index < -0.39 is 47.1 Å². The SMILES string of the molecule is C=CC(=O)NC(CO)(C(=O)C(O)C=C)C(O)(C(=O)C=C)C(=O)C=C. The lowest BCUT2D eigenvalue weighted by Gasteiger charge is -2.42. The molecule has 0 aliphatic rings. The highest BCUT2D eigenvalue weighted by atomic mass is 16.3. The molecule has 0 heterocycles. The van der Waals surface area contributed by atoms with Gasteiger partial charge >= 0.3 is 0 Å². The van der Waals surface area contributed by atoms with E-state index in [0.29, 0.717) is 18.2 Å². The van der Waals surface area contributed by atoms with Gasteiger partial charge in [0.1, 0.15) is 6.10 Å². The molecule has 0 aromatic carbocycles. The fourth-order valence-electron chi connectivity index (χ4n) is 2.02. The van der Waals surface area contributed by atoms with Crippen LogP contribution in [0.2, 0.25) is 0 Å². The lowest BCUT2D eigenvalue weighted by atomic mass is 9.70. The summed E-state index contributed by atoms with van der Waals surface area (Å²) in [6.45, 7) is 11.1. The van der Waals surface area contributed by atoms with E-state index in [4.69, 9.17) is 0 Å². The molecule has 0 aromatic rings. The summed E-state index contributed by atoms with van der Waals surface area (Å²) in [4.78, 5) is 48.5. The molecule has 0 spiro atoms. The van der Waals surface area contributed by atoms with E-state index in [0.717, 1.165) is 6.08 Å². The highest BCUT2D eigenvalue weighted by Gasteiger charge is 2.64. The predicted octanol–water partition coefficient (Wildman–Crippen LogP) is -1.62. The molecule has 1 amide bonds. The Morgan fingerprint density at radius 2 is 1.46 bits per heavy atom. The number of hydrogen-bond acceptors (Lipinski definition) is 7. The summed E-state index contributed by atoms with van der Waals surface area (Å²) in [5.74, 6) is -5.32. The minimum atomic E-state index is -3.29. The van der Waals surface area contributed by atoms with Crippen molar-refractivity contribution < 1.29 is 34.5 Å². The van der Waals surface area contributed by atoms with Gasteiger partial charge in [0.15, 0.2) is 22.9 Å². The number of carbonyl (C=O) groups excluding carboxylic acids is 4. The monoisotopic (exact) mass is 337 g/mol. The average Bonchev–Trinajstić information content (AvgIpc) is 2.62. The summed E-state index contributed by atoms with van der Waals surface area (Å²) in [5, 5.41) is 32.0. The second-order valence-corrected chi connectivity index (χ2v) is 4.65. The highest BCUT2D eigenvalue weighted by molar-refractivity contribution is 6.24. The van der Waals surface area contributed by atoms with E-state index in [1.54, 1.807) is 0 Å². The maximum atomic E-state index is 12.5. The summed E-state index contributed by atoms with van der Waals surface area (Å²) >= 11 is 0. The molecule has 0 saturated carbocycles. The van der Waals surface area contributed by atoms with Gasteiger partial charge in [-0.15, -0.1) is 6.58 Å². The summed E-state index contributed by atoms with van der Waals surface area (Å²) in [6, 6.07) is 0. The topological polar surface area (TPSA) is 141 Å². The number of carbonyl (C=O) groups is 4. The van der Waals surface area contributed by atoms with Crippen LogP contribution >= 0.6 is 0 Å². The smallest absolute Gasteiger partial charge is 0.244 e. The highest BCUT2D eigenvalue weighted by Crippen LogP contribution is 2.29. The van der Waals surface area contributed by atoms with Gasteiger partial charge in [-0.3, -0.25) is 19.2 Å². The molecule has 130 valence electrons. The minimum Gasteiger partial charge on any atom is -0.393 e. The van der Waals surface area contributed by atoms with Crippen molar-refractivity contribution in [3.8, 4) is 0 Å². The number of aliphatic hydroxyl groups excluding tert-OH is 2. The molecule has 2 unspecified atom stereocenters. The summed E-state index contributed by atoms with van der Waals surface area (Å²) in [5.41, 5.74) is -6.20. The molecule has 0 aliphatic heterocycles. The first kappa shape index (κ1) is 21.3. The summed E-state index contributed by atoms with van der Waals surface area (Å²) in [6.07, 6.45) is 0.446. The zero-order chi connectivity index (χ0) is 19.1. The van der Waals surface area contributed by atoms with E-state index in [-0.39, 0.29) is 0 Å². The van der Waals surface area contributed by atoms with Gasteiger partial charge in [-0.2, -0.15) is 0 Å². The van der Waals surface area contributed by atoms with Crippen molar-refractivity contribution in [2.24, 2.45) is 0 Å². The van der Waals surface area contributed by atoms with Crippen molar-refractivity contribution in [3.63, 3.8) is 0 Å². The van der Waals surface area contributed by atoms with E-state index in [2.05, 4.69) is 26.3 Å². The fraction of sp³-hybridized carbons (Fsp3) is 0.250. The van der Waals surface area contributed by atoms with Crippen LogP contribution in [0.15, 0.2) is 50.6 Å². The van der Waals surface area contributed by atoms with Gasteiger partial charge in [-0.05, 0) is 18.2 Å². The third-order valence-electron chi connectivity index (χ3n) is 3.37. The van der Waals surface area contributed by atoms with Crippen LogP contribution in [0.3, 0.4) is 0 Å². The van der Waals surface area contributed by atoms with Gasteiger partial charge in [0.05, 0.1) is 6.61 Å². The Morgan fingerprint density at radius 1 is 1.00 bits per heavy atom. The van der Waals surface area contributed by atoms with Crippen LogP contribution in [-0.4, -0.2) is 62.4 Å². The van der Waals surface area contributed by atoms with Crippen molar-refractivity contribution in [1.82, 2.24) is 5.32 Å². The number of nitrogens with one attached hydrogen (secondary N) is 1. The van der Waals surface area contributed by atoms with Crippen LogP contribution in [0, 0.1) is 0 Å². The quantitative estimate of drug-likeness (QED) is 0.202. The Morgan fingerprint density at radius 3 is 1.75 bits per heavy atom. The van der Waals surface area contributed by atoms with Gasteiger partial charge in [-0.25, -0.2) is 0 Å². The molecule has 8 heteroatoms. The van der Waals surface area contributed by atoms with Crippen LogP contribution in [0.25, 0.3) is 0 Å². The Bertz CT molecular complexity index is 588. The molecule has 4 N–H and O–H groups in total. The van der Waals surface area contributed by atoms with Crippen molar-refractivity contribution in [2.45, 2.75) is 17.2 Å². The van der Waals surface area contributed by atoms with Crippen LogP contribution in [-0.2, 0) is 19.2 Å². The van der Waals surface area contributed by atoms with Gasteiger partial charge in [0, 0.05) is 0 Å². The maximum absolute atomic E-state index is 12.5. The van der Waals surface area contributed by atoms with Crippen molar-refractivity contribution in [1.29, 1.82) is 0 Å². The van der Waals surface area contributed by atoms with Crippen molar-refractivity contribution in [3.05, 3.63) is 50.6 Å². The van der Waals surface area contributed by atoms with Gasteiger partial charge in [0.25, 0.3) is 0 Å². The first-order chi connectivity index (χ1) is 11.1. The van der Waals surface area contributed by atoms with Crippen LogP contribution in [0.1, 0.15) is 0 Å². The maximum Gasteiger partial charge on any atom is 0.244 e. The van der Waals surface area contributed by atoms with Crippen LogP contribution in [0.5, 0.6) is 0 Å². The molecule has 8 nitrogen and oxygen atoms in total. The number of hydrogen-bond donors (Lipinski definition) is 4. The molecule has 0 bridgehead atoms. The Hall–Kier alpha value is -2.68. The van der Waals surface area contributed by atoms with E-state index in [9.17, 15) is 34.5 Å². The molecule has 24 heavy (non-hydrogen) atoms. The Balaban J connectivity index is 6.82. The molecular weight excluding hydrogens is 318 g/mol. The number of Topliss-reactive ketones (excluding diaryl/α,β-unsaturated/α-hetero) is 1. The second kappa shape index (κ2) is 8.25. The lowest BCUT2D eigenvalue weighted by molar-refractivity contribution is -0.167. The first-order valence-corrected chi connectivity index (χ1v) is 6.59. The molecule has 0 rings (SSSR count). The molecular formula is C16H19NO7. The number of amides is 1. The van der Waals surface area contributed by atoms with Crippen molar-refractivity contribution in [2.75, 3.05) is 6.61 Å². The molecule has 0 fully saturated rings. The fourth-order valence-corrected chi connectivity index (χ4v) is 2.02. The molecule has 0 radical (unpaired) electrons. The molecule has 2 atom stereocenters. The largest absolute Gasteiger partial charge is 0.393 e. The summed E-state index contributed by atoms with van der Waals surface area (Å²) < 4.78 is 0. The van der Waals surface area contributed by atoms with Crippen molar-refractivity contribution >= 4 is 23.3 Å². The Kier molecular flexibility index (Phi) is 7.33. The normalized spacial score (nSPS) is 14.5. The van der Waals surface area contributed by atoms with Gasteiger partial charge in [0.2, 0.25) is 11.5 Å². The third-order valence-corrected chi connectivity index (χ3v) is 3.37. The van der Waals surface area contributed by atoms with E-state index >= 15 is 0 Å². The summed E-state index contributed by atoms with van der Waals surface area (Å²) in [7, 11) is 0. The van der Waals surface area contributed by atoms with Crippen LogP contribution < -0.4 is 5.32 Å². The minimum absolute atomic E-state index is 0.527. The Labute approximate surface area is 138 Å².